The van der Waals surface area contributed by atoms with E-state index in [9.17, 15) is 8.42 Å². The molecule has 14 heavy (non-hydrogen) atoms. The Kier molecular flexibility index (Phi) is 8.18. The number of sulfone groups is 1. The summed E-state index contributed by atoms with van der Waals surface area (Å²) in [7, 11) is -2.89. The van der Waals surface area contributed by atoms with Crippen molar-refractivity contribution in [2.75, 3.05) is 18.1 Å². The summed E-state index contributed by atoms with van der Waals surface area (Å²) in [6, 6.07) is 0. The van der Waals surface area contributed by atoms with Crippen LogP contribution in [0.5, 0.6) is 0 Å². The molecule has 0 aromatic heterocycles. The zero-order valence-corrected chi connectivity index (χ0v) is 9.85. The van der Waals surface area contributed by atoms with Crippen molar-refractivity contribution in [3.63, 3.8) is 0 Å². The maximum atomic E-state index is 11.3. The van der Waals surface area contributed by atoms with Gasteiger partial charge in [0.15, 0.2) is 0 Å². The van der Waals surface area contributed by atoms with Gasteiger partial charge in [-0.1, -0.05) is 32.6 Å². The first-order valence-electron chi connectivity index (χ1n) is 5.43. The van der Waals surface area contributed by atoms with Crippen molar-refractivity contribution in [3.8, 4) is 0 Å². The fraction of sp³-hybridized carbons (Fsp3) is 1.00. The van der Waals surface area contributed by atoms with Gasteiger partial charge in [0, 0.05) is 6.61 Å². The number of hydrogen-bond acceptors (Lipinski definition) is 3. The average molecular weight is 222 g/mol. The van der Waals surface area contributed by atoms with Gasteiger partial charge in [-0.2, -0.15) is 0 Å². The van der Waals surface area contributed by atoms with Crippen LogP contribution >= 0.6 is 0 Å². The Labute approximate surface area is 87.4 Å². The van der Waals surface area contributed by atoms with Gasteiger partial charge in [-0.25, -0.2) is 8.42 Å². The number of aliphatic hydroxyl groups is 1. The summed E-state index contributed by atoms with van der Waals surface area (Å²) in [5, 5.41) is 8.51. The van der Waals surface area contributed by atoms with Crippen molar-refractivity contribution in [1.82, 2.24) is 0 Å². The molecule has 0 unspecified atom stereocenters. The standard InChI is InChI=1S/C10H22O3S/c1-2-3-4-5-6-9-14(12,13)10-7-8-11/h11H,2-10H2,1H3. The van der Waals surface area contributed by atoms with E-state index in [0.717, 1.165) is 19.3 Å². The van der Waals surface area contributed by atoms with Crippen LogP contribution in [0.15, 0.2) is 0 Å². The van der Waals surface area contributed by atoms with Crippen molar-refractivity contribution in [2.24, 2.45) is 0 Å². The molecule has 0 fully saturated rings. The Morgan fingerprint density at radius 3 is 2.07 bits per heavy atom. The molecule has 0 spiro atoms. The van der Waals surface area contributed by atoms with Gasteiger partial charge >= 0.3 is 0 Å². The van der Waals surface area contributed by atoms with E-state index >= 15 is 0 Å². The normalized spacial score (nSPS) is 11.9. The minimum absolute atomic E-state index is 0.0327. The lowest BCUT2D eigenvalue weighted by atomic mass is 10.2. The second kappa shape index (κ2) is 8.24. The number of aliphatic hydroxyl groups excluding tert-OH is 1. The van der Waals surface area contributed by atoms with Crippen LogP contribution in [0.25, 0.3) is 0 Å². The maximum Gasteiger partial charge on any atom is 0.150 e. The van der Waals surface area contributed by atoms with Crippen molar-refractivity contribution in [3.05, 3.63) is 0 Å². The van der Waals surface area contributed by atoms with E-state index < -0.39 is 9.84 Å². The highest BCUT2D eigenvalue weighted by Gasteiger charge is 2.08. The van der Waals surface area contributed by atoms with E-state index in [1.807, 2.05) is 0 Å². The number of hydrogen-bond donors (Lipinski definition) is 1. The van der Waals surface area contributed by atoms with Crippen LogP contribution in [0, 0.1) is 0 Å². The molecule has 4 heteroatoms. The first-order valence-corrected chi connectivity index (χ1v) is 7.26. The molecule has 1 N–H and O–H groups in total. The zero-order chi connectivity index (χ0) is 10.9. The quantitative estimate of drug-likeness (QED) is 0.605. The summed E-state index contributed by atoms with van der Waals surface area (Å²) in [6.45, 7) is 2.10. The van der Waals surface area contributed by atoms with Gasteiger partial charge in [-0.05, 0) is 12.8 Å². The highest BCUT2D eigenvalue weighted by molar-refractivity contribution is 7.91. The first-order chi connectivity index (χ1) is 6.62. The lowest BCUT2D eigenvalue weighted by molar-refractivity contribution is 0.295. The van der Waals surface area contributed by atoms with Crippen molar-refractivity contribution in [1.29, 1.82) is 0 Å². The molecule has 0 atom stereocenters. The van der Waals surface area contributed by atoms with Crippen LogP contribution < -0.4 is 0 Å². The van der Waals surface area contributed by atoms with E-state index in [-0.39, 0.29) is 18.1 Å². The molecule has 0 rings (SSSR count). The topological polar surface area (TPSA) is 54.4 Å². The van der Waals surface area contributed by atoms with Crippen LogP contribution in [0.1, 0.15) is 45.4 Å². The van der Waals surface area contributed by atoms with Crippen molar-refractivity contribution < 1.29 is 13.5 Å². The van der Waals surface area contributed by atoms with Crippen LogP contribution in [0.4, 0.5) is 0 Å². The zero-order valence-electron chi connectivity index (χ0n) is 9.04. The average Bonchev–Trinajstić information content (AvgIpc) is 2.15. The van der Waals surface area contributed by atoms with Gasteiger partial charge in [-0.15, -0.1) is 0 Å². The molecule has 0 saturated carbocycles. The molecule has 0 saturated heterocycles. The molecular weight excluding hydrogens is 200 g/mol. The Morgan fingerprint density at radius 2 is 1.50 bits per heavy atom. The monoisotopic (exact) mass is 222 g/mol. The molecule has 0 bridgehead atoms. The second-order valence-corrected chi connectivity index (χ2v) is 5.95. The molecule has 0 aliphatic heterocycles. The van der Waals surface area contributed by atoms with Crippen LogP contribution in [-0.2, 0) is 9.84 Å². The predicted octanol–water partition coefficient (Wildman–Crippen LogP) is 1.75. The highest BCUT2D eigenvalue weighted by Crippen LogP contribution is 2.05. The minimum atomic E-state index is -2.89. The third-order valence-corrected chi connectivity index (χ3v) is 3.99. The summed E-state index contributed by atoms with van der Waals surface area (Å²) >= 11 is 0. The molecule has 86 valence electrons. The Morgan fingerprint density at radius 1 is 0.929 bits per heavy atom. The SMILES string of the molecule is CCCCCCCS(=O)(=O)CCCO. The molecule has 0 aliphatic rings. The maximum absolute atomic E-state index is 11.3. The number of unbranched alkanes of at least 4 members (excludes halogenated alkanes) is 4. The van der Waals surface area contributed by atoms with Crippen molar-refractivity contribution >= 4 is 9.84 Å². The van der Waals surface area contributed by atoms with Gasteiger partial charge in [0.1, 0.15) is 9.84 Å². The summed E-state index contributed by atoms with van der Waals surface area (Å²) < 4.78 is 22.6. The Bertz CT molecular complexity index is 209. The van der Waals surface area contributed by atoms with Crippen LogP contribution in [-0.4, -0.2) is 31.6 Å². The van der Waals surface area contributed by atoms with Gasteiger partial charge in [0.2, 0.25) is 0 Å². The fourth-order valence-corrected chi connectivity index (χ4v) is 2.73. The molecule has 3 nitrogen and oxygen atoms in total. The third-order valence-electron chi connectivity index (χ3n) is 2.17. The smallest absolute Gasteiger partial charge is 0.150 e. The van der Waals surface area contributed by atoms with Gasteiger partial charge < -0.3 is 5.11 Å². The Balaban J connectivity index is 3.46. The van der Waals surface area contributed by atoms with E-state index in [0.29, 0.717) is 6.42 Å². The molecule has 0 amide bonds. The molecule has 0 radical (unpaired) electrons. The highest BCUT2D eigenvalue weighted by atomic mass is 32.2. The van der Waals surface area contributed by atoms with E-state index in [2.05, 4.69) is 6.92 Å². The first kappa shape index (κ1) is 13.9. The number of rotatable bonds is 9. The lowest BCUT2D eigenvalue weighted by Gasteiger charge is -2.02. The van der Waals surface area contributed by atoms with Gasteiger partial charge in [-0.3, -0.25) is 0 Å². The summed E-state index contributed by atoms with van der Waals surface area (Å²) in [5.41, 5.74) is 0. The molecular formula is C10H22O3S. The lowest BCUT2D eigenvalue weighted by Crippen LogP contribution is -2.12. The summed E-state index contributed by atoms with van der Waals surface area (Å²) in [4.78, 5) is 0. The second-order valence-electron chi connectivity index (χ2n) is 3.64. The minimum Gasteiger partial charge on any atom is -0.396 e. The summed E-state index contributed by atoms with van der Waals surface area (Å²) in [5.74, 6) is 0.425. The fourth-order valence-electron chi connectivity index (χ4n) is 1.31. The Hall–Kier alpha value is -0.0900. The molecule has 0 aromatic rings. The van der Waals surface area contributed by atoms with E-state index in [4.69, 9.17) is 5.11 Å². The predicted molar refractivity (Wildman–Crippen MR) is 59.1 cm³/mol. The molecule has 0 aliphatic carbocycles. The van der Waals surface area contributed by atoms with E-state index in [1.165, 1.54) is 12.8 Å². The molecule has 0 heterocycles. The third kappa shape index (κ3) is 8.51. The van der Waals surface area contributed by atoms with Crippen LogP contribution in [0.2, 0.25) is 0 Å². The van der Waals surface area contributed by atoms with E-state index in [1.54, 1.807) is 0 Å². The van der Waals surface area contributed by atoms with Gasteiger partial charge in [0.25, 0.3) is 0 Å². The largest absolute Gasteiger partial charge is 0.396 e. The van der Waals surface area contributed by atoms with Gasteiger partial charge in [0.05, 0.1) is 11.5 Å². The summed E-state index contributed by atoms with van der Waals surface area (Å²) in [6.07, 6.45) is 5.65. The molecule has 0 aromatic carbocycles. The van der Waals surface area contributed by atoms with Crippen molar-refractivity contribution in [2.45, 2.75) is 45.4 Å². The van der Waals surface area contributed by atoms with Crippen LogP contribution in [0.3, 0.4) is 0 Å².